The van der Waals surface area contributed by atoms with Crippen LogP contribution in [0.2, 0.25) is 0 Å². The van der Waals surface area contributed by atoms with Crippen LogP contribution in [0.5, 0.6) is 0 Å². The molecular weight excluding hydrogens is 741 g/mol. The van der Waals surface area contributed by atoms with Gasteiger partial charge in [0.25, 0.3) is 0 Å². The minimum atomic E-state index is 0.848. The molecular formula is C58H38N2O. The van der Waals surface area contributed by atoms with Gasteiger partial charge in [0.05, 0.1) is 16.7 Å². The molecule has 0 fully saturated rings. The summed E-state index contributed by atoms with van der Waals surface area (Å²) in [5.74, 6) is 0. The number of hydrogen-bond acceptors (Lipinski definition) is 2. The minimum Gasteiger partial charge on any atom is -0.454 e. The van der Waals surface area contributed by atoms with Crippen molar-refractivity contribution < 1.29 is 4.42 Å². The van der Waals surface area contributed by atoms with Crippen molar-refractivity contribution in [3.8, 4) is 39.1 Å². The Morgan fingerprint density at radius 2 is 0.852 bits per heavy atom. The monoisotopic (exact) mass is 778 g/mol. The topological polar surface area (TPSA) is 21.3 Å². The number of fused-ring (bicyclic) bond motifs is 8. The van der Waals surface area contributed by atoms with E-state index in [1.54, 1.807) is 0 Å². The van der Waals surface area contributed by atoms with Crippen LogP contribution in [0.1, 0.15) is 0 Å². The molecule has 0 spiro atoms. The zero-order valence-corrected chi connectivity index (χ0v) is 33.2. The van der Waals surface area contributed by atoms with Gasteiger partial charge < -0.3 is 13.9 Å². The summed E-state index contributed by atoms with van der Waals surface area (Å²) in [7, 11) is 0. The Morgan fingerprint density at radius 3 is 1.51 bits per heavy atom. The molecule has 0 unspecified atom stereocenters. The molecule has 0 bridgehead atoms. The van der Waals surface area contributed by atoms with Crippen LogP contribution in [0, 0.1) is 0 Å². The highest BCUT2D eigenvalue weighted by Crippen LogP contribution is 2.46. The lowest BCUT2D eigenvalue weighted by Crippen LogP contribution is -2.10. The highest BCUT2D eigenvalue weighted by molar-refractivity contribution is 6.24. The average Bonchev–Trinajstić information content (AvgIpc) is 3.89. The fourth-order valence-corrected chi connectivity index (χ4v) is 9.35. The molecule has 286 valence electrons. The van der Waals surface area contributed by atoms with E-state index in [0.29, 0.717) is 0 Å². The van der Waals surface area contributed by atoms with Crippen molar-refractivity contribution in [1.29, 1.82) is 0 Å². The predicted molar refractivity (Wildman–Crippen MR) is 257 cm³/mol. The minimum absolute atomic E-state index is 0.848. The third kappa shape index (κ3) is 5.82. The summed E-state index contributed by atoms with van der Waals surface area (Å²) < 4.78 is 9.51. The standard InChI is InChI=1S/C58H38N2O/c1-4-15-39(16-5-1)41-27-32-45(33-28-41)59(46-34-29-42(30-35-46)40-17-6-2-7-18-40)55-26-14-24-50-57-49-23-11-10-21-47(49)51(38-56(57)61-58(50)55)43-31-36-54-52(37-43)48-22-12-13-25-53(48)60(54)44-19-8-3-9-20-44/h1-38H. The molecule has 3 nitrogen and oxygen atoms in total. The van der Waals surface area contributed by atoms with E-state index >= 15 is 0 Å². The molecule has 61 heavy (non-hydrogen) atoms. The van der Waals surface area contributed by atoms with Gasteiger partial charge >= 0.3 is 0 Å². The average molecular weight is 779 g/mol. The van der Waals surface area contributed by atoms with E-state index in [0.717, 1.165) is 55.8 Å². The van der Waals surface area contributed by atoms with Gasteiger partial charge in [0.2, 0.25) is 0 Å². The summed E-state index contributed by atoms with van der Waals surface area (Å²) in [6, 6.07) is 82.6. The molecule has 0 atom stereocenters. The molecule has 3 heteroatoms. The second kappa shape index (κ2) is 14.3. The first-order valence-electron chi connectivity index (χ1n) is 20.8. The van der Waals surface area contributed by atoms with E-state index in [-0.39, 0.29) is 0 Å². The van der Waals surface area contributed by atoms with E-state index in [9.17, 15) is 0 Å². The molecule has 0 aliphatic carbocycles. The molecule has 12 rings (SSSR count). The SMILES string of the molecule is c1ccc(-c2ccc(N(c3ccc(-c4ccccc4)cc3)c3cccc4c3oc3cc(-c5ccc6c(c5)c5ccccc5n6-c5ccccc5)c5ccccc5c34)cc2)cc1. The van der Waals surface area contributed by atoms with E-state index in [1.807, 2.05) is 0 Å². The Balaban J connectivity index is 1.05. The predicted octanol–water partition coefficient (Wildman–Crippen LogP) is 16.3. The lowest BCUT2D eigenvalue weighted by molar-refractivity contribution is 0.669. The number of anilines is 3. The van der Waals surface area contributed by atoms with E-state index in [1.165, 1.54) is 54.8 Å². The maximum atomic E-state index is 7.14. The van der Waals surface area contributed by atoms with Crippen LogP contribution in [-0.4, -0.2) is 4.57 Å². The van der Waals surface area contributed by atoms with E-state index in [4.69, 9.17) is 4.42 Å². The number of aromatic nitrogens is 1. The molecule has 0 N–H and O–H groups in total. The Morgan fingerprint density at radius 1 is 0.344 bits per heavy atom. The summed E-state index contributed by atoms with van der Waals surface area (Å²) in [6.45, 7) is 0. The second-order valence-corrected chi connectivity index (χ2v) is 15.7. The fourth-order valence-electron chi connectivity index (χ4n) is 9.35. The van der Waals surface area contributed by atoms with Crippen LogP contribution < -0.4 is 4.90 Å². The van der Waals surface area contributed by atoms with Crippen LogP contribution in [0.3, 0.4) is 0 Å². The first-order valence-corrected chi connectivity index (χ1v) is 20.8. The van der Waals surface area contributed by atoms with Crippen LogP contribution in [-0.2, 0) is 0 Å². The smallest absolute Gasteiger partial charge is 0.159 e. The van der Waals surface area contributed by atoms with Crippen LogP contribution in [0.15, 0.2) is 235 Å². The quantitative estimate of drug-likeness (QED) is 0.161. The van der Waals surface area contributed by atoms with Gasteiger partial charge in [0.1, 0.15) is 5.58 Å². The van der Waals surface area contributed by atoms with E-state index in [2.05, 4.69) is 240 Å². The van der Waals surface area contributed by atoms with Gasteiger partial charge in [-0.2, -0.15) is 0 Å². The molecule has 0 aliphatic rings. The van der Waals surface area contributed by atoms with Crippen molar-refractivity contribution in [1.82, 2.24) is 4.57 Å². The van der Waals surface area contributed by atoms with Crippen molar-refractivity contribution >= 4 is 71.6 Å². The third-order valence-electron chi connectivity index (χ3n) is 12.2. The highest BCUT2D eigenvalue weighted by atomic mass is 16.3. The maximum absolute atomic E-state index is 7.14. The maximum Gasteiger partial charge on any atom is 0.159 e. The molecule has 10 aromatic carbocycles. The van der Waals surface area contributed by atoms with Gasteiger partial charge in [0.15, 0.2) is 5.58 Å². The number of hydrogen-bond donors (Lipinski definition) is 0. The lowest BCUT2D eigenvalue weighted by atomic mass is 9.94. The fraction of sp³-hybridized carbons (Fsp3) is 0. The summed E-state index contributed by atoms with van der Waals surface area (Å²) in [5.41, 5.74) is 15.3. The van der Waals surface area contributed by atoms with Crippen LogP contribution in [0.25, 0.3) is 93.6 Å². The largest absolute Gasteiger partial charge is 0.454 e. The number of para-hydroxylation sites is 3. The zero-order valence-electron chi connectivity index (χ0n) is 33.2. The Kier molecular flexibility index (Phi) is 8.17. The first kappa shape index (κ1) is 34.9. The first-order chi connectivity index (χ1) is 30.3. The summed E-state index contributed by atoms with van der Waals surface area (Å²) in [6.07, 6.45) is 0. The Labute approximate surface area is 353 Å². The second-order valence-electron chi connectivity index (χ2n) is 15.7. The molecule has 0 amide bonds. The molecule has 2 heterocycles. The molecule has 0 saturated carbocycles. The zero-order chi connectivity index (χ0) is 40.3. The van der Waals surface area contributed by atoms with Gasteiger partial charge in [-0.15, -0.1) is 0 Å². The van der Waals surface area contributed by atoms with Crippen molar-refractivity contribution in [3.05, 3.63) is 231 Å². The van der Waals surface area contributed by atoms with Crippen molar-refractivity contribution in [2.75, 3.05) is 4.90 Å². The molecule has 0 aliphatic heterocycles. The number of rotatable bonds is 7. The van der Waals surface area contributed by atoms with Crippen molar-refractivity contribution in [3.63, 3.8) is 0 Å². The number of benzene rings is 10. The van der Waals surface area contributed by atoms with Crippen molar-refractivity contribution in [2.24, 2.45) is 0 Å². The normalized spacial score (nSPS) is 11.6. The third-order valence-corrected chi connectivity index (χ3v) is 12.2. The summed E-state index contributed by atoms with van der Waals surface area (Å²) in [5, 5.41) is 7.03. The number of furan rings is 1. The molecule has 0 radical (unpaired) electrons. The lowest BCUT2D eigenvalue weighted by Gasteiger charge is -2.26. The van der Waals surface area contributed by atoms with Crippen molar-refractivity contribution in [2.45, 2.75) is 0 Å². The Bertz CT molecular complexity index is 3470. The molecule has 2 aromatic heterocycles. The highest BCUT2D eigenvalue weighted by Gasteiger charge is 2.22. The van der Waals surface area contributed by atoms with Gasteiger partial charge in [-0.3, -0.25) is 0 Å². The molecule has 12 aromatic rings. The van der Waals surface area contributed by atoms with Gasteiger partial charge in [-0.25, -0.2) is 0 Å². The van der Waals surface area contributed by atoms with E-state index < -0.39 is 0 Å². The summed E-state index contributed by atoms with van der Waals surface area (Å²) in [4.78, 5) is 2.33. The van der Waals surface area contributed by atoms with Gasteiger partial charge in [-0.05, 0) is 111 Å². The Hall–Kier alpha value is -8.14. The molecule has 0 saturated heterocycles. The van der Waals surface area contributed by atoms with Gasteiger partial charge in [0, 0.05) is 38.6 Å². The van der Waals surface area contributed by atoms with Crippen LogP contribution >= 0.6 is 0 Å². The summed E-state index contributed by atoms with van der Waals surface area (Å²) >= 11 is 0. The van der Waals surface area contributed by atoms with Crippen LogP contribution in [0.4, 0.5) is 17.1 Å². The number of nitrogens with zero attached hydrogens (tertiary/aromatic N) is 2. The van der Waals surface area contributed by atoms with Gasteiger partial charge in [-0.1, -0.05) is 164 Å².